The topological polar surface area (TPSA) is 96.0 Å². The number of carbonyl (C=O) groups excluding carboxylic acids is 2. The summed E-state index contributed by atoms with van der Waals surface area (Å²) in [6.07, 6.45) is 1.84. The van der Waals surface area contributed by atoms with Crippen LogP contribution in [0, 0.1) is 13.8 Å². The van der Waals surface area contributed by atoms with Gasteiger partial charge in [0.2, 0.25) is 21.8 Å². The van der Waals surface area contributed by atoms with Crippen LogP contribution in [-0.4, -0.2) is 57.6 Å². The summed E-state index contributed by atoms with van der Waals surface area (Å²) in [6, 6.07) is 11.9. The summed E-state index contributed by atoms with van der Waals surface area (Å²) in [7, 11) is -2.22. The summed E-state index contributed by atoms with van der Waals surface area (Å²) in [5, 5.41) is 2.82. The average molecular weight is 490 g/mol. The highest BCUT2D eigenvalue weighted by Crippen LogP contribution is 2.27. The van der Waals surface area contributed by atoms with Gasteiger partial charge in [0.25, 0.3) is 0 Å². The Hall–Kier alpha value is -3.07. The fourth-order valence-electron chi connectivity index (χ4n) is 3.72. The highest BCUT2D eigenvalue weighted by molar-refractivity contribution is 7.92. The lowest BCUT2D eigenvalue weighted by molar-refractivity contribution is -0.139. The molecule has 2 rings (SSSR count). The predicted octanol–water partition coefficient (Wildman–Crippen LogP) is 3.02. The largest absolute Gasteiger partial charge is 0.497 e. The number of sulfonamides is 1. The third-order valence-corrected chi connectivity index (χ3v) is 6.68. The lowest BCUT2D eigenvalue weighted by Gasteiger charge is -2.32. The molecule has 0 aliphatic heterocycles. The molecule has 34 heavy (non-hydrogen) atoms. The molecule has 2 aromatic rings. The number of nitrogens with one attached hydrogen (secondary N) is 1. The Labute approximate surface area is 202 Å². The van der Waals surface area contributed by atoms with Gasteiger partial charge in [-0.25, -0.2) is 8.42 Å². The van der Waals surface area contributed by atoms with Crippen LogP contribution in [0.15, 0.2) is 42.5 Å². The Morgan fingerprint density at radius 3 is 2.26 bits per heavy atom. The number of benzene rings is 2. The standard InChI is InChI=1S/C25H35N3O5S/c1-7-14-26-25(30)20(4)27(16-21-12-9-13-22(15-21)33-5)23(29)17-28(34(6,31)32)24-18(2)10-8-11-19(24)3/h8-13,15,20H,7,14,16-17H2,1-6H3,(H,26,30)/t20-/m1/s1. The van der Waals surface area contributed by atoms with Gasteiger partial charge < -0.3 is 15.0 Å². The lowest BCUT2D eigenvalue weighted by atomic mass is 10.1. The van der Waals surface area contributed by atoms with Crippen LogP contribution < -0.4 is 14.4 Å². The van der Waals surface area contributed by atoms with Gasteiger partial charge in [0, 0.05) is 13.1 Å². The number of amides is 2. The van der Waals surface area contributed by atoms with Crippen molar-refractivity contribution in [1.82, 2.24) is 10.2 Å². The van der Waals surface area contributed by atoms with Crippen molar-refractivity contribution < 1.29 is 22.7 Å². The molecule has 1 atom stereocenters. The molecule has 0 saturated heterocycles. The minimum absolute atomic E-state index is 0.126. The highest BCUT2D eigenvalue weighted by Gasteiger charge is 2.31. The summed E-state index contributed by atoms with van der Waals surface area (Å²) >= 11 is 0. The predicted molar refractivity (Wildman–Crippen MR) is 134 cm³/mol. The molecule has 0 aliphatic rings. The van der Waals surface area contributed by atoms with Gasteiger partial charge in [-0.3, -0.25) is 13.9 Å². The van der Waals surface area contributed by atoms with Crippen LogP contribution in [0.2, 0.25) is 0 Å². The van der Waals surface area contributed by atoms with Gasteiger partial charge in [-0.2, -0.15) is 0 Å². The van der Waals surface area contributed by atoms with Crippen molar-refractivity contribution in [1.29, 1.82) is 0 Å². The number of anilines is 1. The van der Waals surface area contributed by atoms with Crippen molar-refractivity contribution in [3.05, 3.63) is 59.2 Å². The van der Waals surface area contributed by atoms with Gasteiger partial charge in [-0.05, 0) is 56.0 Å². The molecule has 186 valence electrons. The maximum absolute atomic E-state index is 13.6. The van der Waals surface area contributed by atoms with Gasteiger partial charge in [0.15, 0.2) is 0 Å². The molecule has 0 unspecified atom stereocenters. The van der Waals surface area contributed by atoms with E-state index in [0.717, 1.165) is 33.7 Å². The maximum Gasteiger partial charge on any atom is 0.244 e. The van der Waals surface area contributed by atoms with Crippen molar-refractivity contribution in [2.45, 2.75) is 46.7 Å². The first-order chi connectivity index (χ1) is 16.0. The van der Waals surface area contributed by atoms with Crippen LogP contribution in [0.1, 0.15) is 37.0 Å². The first-order valence-electron chi connectivity index (χ1n) is 11.2. The van der Waals surface area contributed by atoms with Gasteiger partial charge >= 0.3 is 0 Å². The van der Waals surface area contributed by atoms with Crippen molar-refractivity contribution in [2.24, 2.45) is 0 Å². The number of aryl methyl sites for hydroxylation is 2. The third-order valence-electron chi connectivity index (χ3n) is 5.57. The molecule has 2 aromatic carbocycles. The van der Waals surface area contributed by atoms with Crippen molar-refractivity contribution >= 4 is 27.5 Å². The first kappa shape index (κ1) is 27.2. The Morgan fingerprint density at radius 2 is 1.71 bits per heavy atom. The van der Waals surface area contributed by atoms with Gasteiger partial charge in [-0.1, -0.05) is 37.3 Å². The molecule has 2 amide bonds. The second-order valence-electron chi connectivity index (χ2n) is 8.35. The van der Waals surface area contributed by atoms with Gasteiger partial charge in [-0.15, -0.1) is 0 Å². The number of para-hydroxylation sites is 1. The number of carbonyl (C=O) groups is 2. The van der Waals surface area contributed by atoms with Crippen LogP contribution in [-0.2, 0) is 26.2 Å². The molecule has 0 aromatic heterocycles. The summed E-state index contributed by atoms with van der Waals surface area (Å²) in [5.74, 6) is -0.146. The fraction of sp³-hybridized carbons (Fsp3) is 0.440. The number of nitrogens with zero attached hydrogens (tertiary/aromatic N) is 2. The Bertz CT molecular complexity index is 1100. The summed E-state index contributed by atoms with van der Waals surface area (Å²) in [5.41, 5.74) is 2.72. The second-order valence-corrected chi connectivity index (χ2v) is 10.3. The molecule has 9 heteroatoms. The van der Waals surface area contributed by atoms with E-state index < -0.39 is 28.5 Å². The quantitative estimate of drug-likeness (QED) is 0.523. The molecule has 8 nitrogen and oxygen atoms in total. The maximum atomic E-state index is 13.6. The molecule has 0 aliphatic carbocycles. The van der Waals surface area contributed by atoms with E-state index in [1.165, 1.54) is 4.90 Å². The normalized spacial score (nSPS) is 12.1. The molecule has 0 fully saturated rings. The summed E-state index contributed by atoms with van der Waals surface area (Å²) < 4.78 is 31.9. The van der Waals surface area contributed by atoms with Crippen molar-refractivity contribution in [3.8, 4) is 5.75 Å². The molecule has 0 radical (unpaired) electrons. The Kier molecular flexibility index (Phi) is 9.49. The number of hydrogen-bond acceptors (Lipinski definition) is 5. The fourth-order valence-corrected chi connectivity index (χ4v) is 4.69. The minimum Gasteiger partial charge on any atom is -0.497 e. The third kappa shape index (κ3) is 6.96. The molecular formula is C25H35N3O5S. The van der Waals surface area contributed by atoms with Crippen LogP contribution in [0.25, 0.3) is 0 Å². The Morgan fingerprint density at radius 1 is 1.09 bits per heavy atom. The molecule has 0 bridgehead atoms. The molecule has 0 heterocycles. The SMILES string of the molecule is CCCNC(=O)[C@@H](C)N(Cc1cccc(OC)c1)C(=O)CN(c1c(C)cccc1C)S(C)(=O)=O. The van der Waals surface area contributed by atoms with E-state index in [1.807, 2.05) is 19.1 Å². The zero-order valence-electron chi connectivity index (χ0n) is 20.8. The zero-order valence-corrected chi connectivity index (χ0v) is 21.6. The van der Waals surface area contributed by atoms with Crippen LogP contribution in [0.4, 0.5) is 5.69 Å². The number of ether oxygens (including phenoxy) is 1. The van der Waals surface area contributed by atoms with Crippen molar-refractivity contribution in [3.63, 3.8) is 0 Å². The smallest absolute Gasteiger partial charge is 0.244 e. The van der Waals surface area contributed by atoms with E-state index in [1.54, 1.807) is 58.2 Å². The van der Waals surface area contributed by atoms with E-state index in [9.17, 15) is 18.0 Å². The van der Waals surface area contributed by atoms with E-state index >= 15 is 0 Å². The van der Waals surface area contributed by atoms with Crippen LogP contribution >= 0.6 is 0 Å². The van der Waals surface area contributed by atoms with Crippen LogP contribution in [0.5, 0.6) is 5.75 Å². The molecule has 0 spiro atoms. The monoisotopic (exact) mass is 489 g/mol. The minimum atomic E-state index is -3.77. The molecular weight excluding hydrogens is 454 g/mol. The molecule has 0 saturated carbocycles. The van der Waals surface area contributed by atoms with Gasteiger partial charge in [0.05, 0.1) is 19.1 Å². The van der Waals surface area contributed by atoms with E-state index in [2.05, 4.69) is 5.32 Å². The number of rotatable bonds is 11. The van der Waals surface area contributed by atoms with Crippen molar-refractivity contribution in [2.75, 3.05) is 30.8 Å². The van der Waals surface area contributed by atoms with E-state index in [0.29, 0.717) is 18.0 Å². The highest BCUT2D eigenvalue weighted by atomic mass is 32.2. The van der Waals surface area contributed by atoms with E-state index in [4.69, 9.17) is 4.74 Å². The summed E-state index contributed by atoms with van der Waals surface area (Å²) in [6.45, 7) is 7.40. The Balaban J connectivity index is 2.44. The molecule has 1 N–H and O–H groups in total. The summed E-state index contributed by atoms with van der Waals surface area (Å²) in [4.78, 5) is 27.8. The van der Waals surface area contributed by atoms with Crippen LogP contribution in [0.3, 0.4) is 0 Å². The average Bonchev–Trinajstić information content (AvgIpc) is 2.79. The van der Waals surface area contributed by atoms with Gasteiger partial charge in [0.1, 0.15) is 18.3 Å². The first-order valence-corrected chi connectivity index (χ1v) is 13.1. The number of methoxy groups -OCH3 is 1. The zero-order chi connectivity index (χ0) is 25.5. The second kappa shape index (κ2) is 11.9. The number of hydrogen-bond donors (Lipinski definition) is 1. The lowest BCUT2D eigenvalue weighted by Crippen LogP contribution is -2.51. The van der Waals surface area contributed by atoms with E-state index in [-0.39, 0.29) is 12.5 Å².